The summed E-state index contributed by atoms with van der Waals surface area (Å²) in [5.41, 5.74) is 6.26. The number of anilines is 1. The fourth-order valence-corrected chi connectivity index (χ4v) is 1.40. The molecule has 0 aliphatic heterocycles. The number of aromatic nitrogens is 2. The van der Waals surface area contributed by atoms with Crippen molar-refractivity contribution >= 4 is 17.4 Å². The van der Waals surface area contributed by atoms with Gasteiger partial charge in [0.1, 0.15) is 18.1 Å². The van der Waals surface area contributed by atoms with Crippen LogP contribution in [0.1, 0.15) is 10.5 Å². The van der Waals surface area contributed by atoms with Gasteiger partial charge in [0.2, 0.25) is 0 Å². The van der Waals surface area contributed by atoms with E-state index in [-0.39, 0.29) is 18.3 Å². The van der Waals surface area contributed by atoms with Crippen LogP contribution in [0, 0.1) is 0 Å². The van der Waals surface area contributed by atoms with E-state index in [9.17, 15) is 4.79 Å². The average Bonchev–Trinajstić information content (AvgIpc) is 3.00. The van der Waals surface area contributed by atoms with E-state index in [0.29, 0.717) is 17.1 Å². The molecule has 2 aromatic rings. The predicted molar refractivity (Wildman–Crippen MR) is 71.9 cm³/mol. The lowest BCUT2D eigenvalue weighted by molar-refractivity contribution is 0.102. The number of H-pyrrole nitrogens is 1. The van der Waals surface area contributed by atoms with Crippen LogP contribution < -0.4 is 15.8 Å². The minimum absolute atomic E-state index is 0.0175. The molecule has 2 rings (SSSR count). The highest BCUT2D eigenvalue weighted by Crippen LogP contribution is 2.16. The van der Waals surface area contributed by atoms with Crippen LogP contribution in [-0.4, -0.2) is 33.8 Å². The van der Waals surface area contributed by atoms with Crippen molar-refractivity contribution in [3.63, 3.8) is 0 Å². The van der Waals surface area contributed by atoms with Gasteiger partial charge in [-0.25, -0.2) is 0 Å². The first-order valence-corrected chi connectivity index (χ1v) is 5.69. The van der Waals surface area contributed by atoms with E-state index in [1.807, 2.05) is 0 Å². The summed E-state index contributed by atoms with van der Waals surface area (Å²) in [4.78, 5) is 11.7. The minimum Gasteiger partial charge on any atom is -0.486 e. The van der Waals surface area contributed by atoms with Crippen LogP contribution in [0.2, 0.25) is 0 Å². The fraction of sp³-hybridized carbons (Fsp3) is 0.0833. The first-order chi connectivity index (χ1) is 9.69. The molecule has 1 aromatic carbocycles. The van der Waals surface area contributed by atoms with Gasteiger partial charge in [-0.1, -0.05) is 5.16 Å². The third kappa shape index (κ3) is 3.48. The molecule has 0 saturated heterocycles. The van der Waals surface area contributed by atoms with Crippen LogP contribution >= 0.6 is 0 Å². The topological polar surface area (TPSA) is 126 Å². The SMILES string of the molecule is NC(COc1ccc(NC(=O)c2ccn[nH]2)cc1)=NO. The minimum atomic E-state index is -0.284. The first-order valence-electron chi connectivity index (χ1n) is 5.69. The van der Waals surface area contributed by atoms with Crippen molar-refractivity contribution in [2.75, 3.05) is 11.9 Å². The van der Waals surface area contributed by atoms with Gasteiger partial charge in [-0.15, -0.1) is 0 Å². The van der Waals surface area contributed by atoms with E-state index in [1.165, 1.54) is 6.20 Å². The van der Waals surface area contributed by atoms with E-state index in [2.05, 4.69) is 20.7 Å². The van der Waals surface area contributed by atoms with Gasteiger partial charge >= 0.3 is 0 Å². The number of hydrogen-bond acceptors (Lipinski definition) is 5. The number of carbonyl (C=O) groups is 1. The number of oxime groups is 1. The number of amides is 1. The fourth-order valence-electron chi connectivity index (χ4n) is 1.40. The number of nitrogens with one attached hydrogen (secondary N) is 2. The molecule has 5 N–H and O–H groups in total. The second-order valence-electron chi connectivity index (χ2n) is 3.83. The van der Waals surface area contributed by atoms with E-state index in [0.717, 1.165) is 0 Å². The standard InChI is InChI=1S/C12H13N5O3/c13-11(17-19)7-20-9-3-1-8(2-4-9)15-12(18)10-5-6-14-16-10/h1-6,19H,7H2,(H2,13,17)(H,14,16)(H,15,18). The lowest BCUT2D eigenvalue weighted by Gasteiger charge is -2.07. The van der Waals surface area contributed by atoms with Crippen LogP contribution in [0.25, 0.3) is 0 Å². The molecule has 20 heavy (non-hydrogen) atoms. The number of rotatable bonds is 5. The molecule has 8 nitrogen and oxygen atoms in total. The van der Waals surface area contributed by atoms with Gasteiger partial charge in [0.05, 0.1) is 0 Å². The highest BCUT2D eigenvalue weighted by molar-refractivity contribution is 6.02. The Morgan fingerprint density at radius 2 is 2.15 bits per heavy atom. The molecule has 0 aliphatic rings. The summed E-state index contributed by atoms with van der Waals surface area (Å²) in [6.07, 6.45) is 1.50. The molecule has 0 unspecified atom stereocenters. The maximum Gasteiger partial charge on any atom is 0.273 e. The number of nitrogens with zero attached hydrogens (tertiary/aromatic N) is 2. The summed E-state index contributed by atoms with van der Waals surface area (Å²) in [5, 5.41) is 20.1. The molecule has 0 atom stereocenters. The Balaban J connectivity index is 1.93. The van der Waals surface area contributed by atoms with Crippen LogP contribution in [0.15, 0.2) is 41.7 Å². The molecule has 0 radical (unpaired) electrons. The number of nitrogens with two attached hydrogens (primary N) is 1. The molecule has 0 spiro atoms. The lowest BCUT2D eigenvalue weighted by atomic mass is 10.3. The number of aromatic amines is 1. The van der Waals surface area contributed by atoms with Gasteiger partial charge in [-0.3, -0.25) is 9.89 Å². The van der Waals surface area contributed by atoms with Crippen molar-refractivity contribution in [1.82, 2.24) is 10.2 Å². The number of ether oxygens (including phenoxy) is 1. The molecule has 1 amide bonds. The summed E-state index contributed by atoms with van der Waals surface area (Å²) in [5.74, 6) is 0.227. The van der Waals surface area contributed by atoms with Gasteiger partial charge < -0.3 is 21.0 Å². The highest BCUT2D eigenvalue weighted by Gasteiger charge is 2.06. The molecular weight excluding hydrogens is 262 g/mol. The van der Waals surface area contributed by atoms with Crippen molar-refractivity contribution in [3.8, 4) is 5.75 Å². The monoisotopic (exact) mass is 275 g/mol. The van der Waals surface area contributed by atoms with E-state index in [4.69, 9.17) is 15.7 Å². The van der Waals surface area contributed by atoms with Crippen LogP contribution in [0.5, 0.6) is 5.75 Å². The summed E-state index contributed by atoms with van der Waals surface area (Å²) >= 11 is 0. The van der Waals surface area contributed by atoms with Gasteiger partial charge in [0.25, 0.3) is 5.91 Å². The van der Waals surface area contributed by atoms with E-state index >= 15 is 0 Å². The summed E-state index contributed by atoms with van der Waals surface area (Å²) in [6, 6.07) is 8.25. The highest BCUT2D eigenvalue weighted by atomic mass is 16.5. The third-order valence-electron chi connectivity index (χ3n) is 2.37. The Hall–Kier alpha value is -3.03. The Morgan fingerprint density at radius 3 is 2.75 bits per heavy atom. The van der Waals surface area contributed by atoms with Crippen molar-refractivity contribution in [1.29, 1.82) is 0 Å². The van der Waals surface area contributed by atoms with Crippen LogP contribution in [0.4, 0.5) is 5.69 Å². The van der Waals surface area contributed by atoms with Gasteiger partial charge in [-0.05, 0) is 30.3 Å². The Labute approximate surface area is 114 Å². The second kappa shape index (κ2) is 6.23. The van der Waals surface area contributed by atoms with Crippen LogP contribution in [-0.2, 0) is 0 Å². The molecule has 0 fully saturated rings. The molecule has 0 aliphatic carbocycles. The van der Waals surface area contributed by atoms with Crippen molar-refractivity contribution in [2.24, 2.45) is 10.9 Å². The average molecular weight is 275 g/mol. The zero-order valence-corrected chi connectivity index (χ0v) is 10.4. The summed E-state index contributed by atoms with van der Waals surface area (Å²) in [6.45, 7) is -0.0175. The third-order valence-corrected chi connectivity index (χ3v) is 2.37. The van der Waals surface area contributed by atoms with Gasteiger partial charge in [-0.2, -0.15) is 5.10 Å². The second-order valence-corrected chi connectivity index (χ2v) is 3.83. The van der Waals surface area contributed by atoms with Crippen molar-refractivity contribution in [3.05, 3.63) is 42.2 Å². The predicted octanol–water partition coefficient (Wildman–Crippen LogP) is 0.787. The number of benzene rings is 1. The quantitative estimate of drug-likeness (QED) is 0.278. The Kier molecular flexibility index (Phi) is 4.17. The number of carbonyl (C=O) groups excluding carboxylic acids is 1. The largest absolute Gasteiger partial charge is 0.486 e. The van der Waals surface area contributed by atoms with Crippen molar-refractivity contribution in [2.45, 2.75) is 0 Å². The molecule has 0 saturated carbocycles. The molecule has 8 heteroatoms. The zero-order valence-electron chi connectivity index (χ0n) is 10.4. The first kappa shape index (κ1) is 13.4. The maximum absolute atomic E-state index is 11.7. The molecular formula is C12H13N5O3. The Bertz CT molecular complexity index is 592. The van der Waals surface area contributed by atoms with E-state index < -0.39 is 0 Å². The Morgan fingerprint density at radius 1 is 1.40 bits per heavy atom. The van der Waals surface area contributed by atoms with Crippen LogP contribution in [0.3, 0.4) is 0 Å². The van der Waals surface area contributed by atoms with Crippen molar-refractivity contribution < 1.29 is 14.7 Å². The van der Waals surface area contributed by atoms with Gasteiger partial charge in [0.15, 0.2) is 5.84 Å². The molecule has 1 aromatic heterocycles. The zero-order chi connectivity index (χ0) is 14.4. The molecule has 1 heterocycles. The normalized spacial score (nSPS) is 11.1. The molecule has 104 valence electrons. The number of amidine groups is 1. The summed E-state index contributed by atoms with van der Waals surface area (Å²) < 4.78 is 5.25. The maximum atomic E-state index is 11.7. The van der Waals surface area contributed by atoms with E-state index in [1.54, 1.807) is 30.3 Å². The smallest absolute Gasteiger partial charge is 0.273 e. The molecule has 0 bridgehead atoms. The summed E-state index contributed by atoms with van der Waals surface area (Å²) in [7, 11) is 0. The van der Waals surface area contributed by atoms with Gasteiger partial charge in [0, 0.05) is 11.9 Å². The number of hydrogen-bond donors (Lipinski definition) is 4. The lowest BCUT2D eigenvalue weighted by Crippen LogP contribution is -2.20.